The monoisotopic (exact) mass is 243 g/mol. The Morgan fingerprint density at radius 3 is 2.83 bits per heavy atom. The molecular formula is C16H18FN. The maximum Gasteiger partial charge on any atom is 0.123 e. The Morgan fingerprint density at radius 1 is 1.44 bits per heavy atom. The Labute approximate surface area is 108 Å². The van der Waals surface area contributed by atoms with Crippen molar-refractivity contribution in [2.75, 3.05) is 0 Å². The van der Waals surface area contributed by atoms with Crippen molar-refractivity contribution in [1.29, 1.82) is 5.26 Å². The molecule has 3 unspecified atom stereocenters. The number of hydrogen-bond donors (Lipinski definition) is 0. The molecule has 1 aromatic rings. The van der Waals surface area contributed by atoms with Gasteiger partial charge in [0.2, 0.25) is 0 Å². The second-order valence-corrected chi connectivity index (χ2v) is 6.10. The number of nitrogens with zero attached hydrogens (tertiary/aromatic N) is 1. The summed E-state index contributed by atoms with van der Waals surface area (Å²) in [6.07, 6.45) is 5.59. The van der Waals surface area contributed by atoms with E-state index >= 15 is 0 Å². The first-order valence-electron chi connectivity index (χ1n) is 6.79. The molecule has 2 fully saturated rings. The number of nitriles is 1. The lowest BCUT2D eigenvalue weighted by Crippen LogP contribution is -2.28. The molecule has 0 radical (unpaired) electrons. The molecule has 18 heavy (non-hydrogen) atoms. The van der Waals surface area contributed by atoms with E-state index in [2.05, 4.69) is 6.07 Å². The lowest BCUT2D eigenvalue weighted by Gasteiger charge is -2.31. The van der Waals surface area contributed by atoms with Gasteiger partial charge < -0.3 is 0 Å². The summed E-state index contributed by atoms with van der Waals surface area (Å²) in [5.74, 6) is 1.14. The van der Waals surface area contributed by atoms with Gasteiger partial charge >= 0.3 is 0 Å². The van der Waals surface area contributed by atoms with E-state index in [1.807, 2.05) is 13.0 Å². The fourth-order valence-corrected chi connectivity index (χ4v) is 4.03. The molecule has 94 valence electrons. The first kappa shape index (κ1) is 11.7. The van der Waals surface area contributed by atoms with Crippen molar-refractivity contribution in [3.8, 4) is 6.07 Å². The quantitative estimate of drug-likeness (QED) is 0.770. The molecule has 2 aliphatic rings. The van der Waals surface area contributed by atoms with Crippen LogP contribution >= 0.6 is 0 Å². The van der Waals surface area contributed by atoms with E-state index in [4.69, 9.17) is 0 Å². The topological polar surface area (TPSA) is 23.8 Å². The zero-order chi connectivity index (χ0) is 12.8. The molecule has 2 aliphatic carbocycles. The lowest BCUT2D eigenvalue weighted by molar-refractivity contribution is 0.239. The second-order valence-electron chi connectivity index (χ2n) is 6.10. The average Bonchev–Trinajstić information content (AvgIpc) is 2.93. The first-order valence-corrected chi connectivity index (χ1v) is 6.79. The number of aryl methyl sites for hydroxylation is 1. The SMILES string of the molecule is Cc1cc(F)ccc1CC1(C#N)CC2CCC1C2. The third-order valence-corrected chi connectivity index (χ3v) is 5.01. The molecule has 0 N–H and O–H groups in total. The summed E-state index contributed by atoms with van der Waals surface area (Å²) in [4.78, 5) is 0. The number of hydrogen-bond acceptors (Lipinski definition) is 1. The van der Waals surface area contributed by atoms with Gasteiger partial charge in [0.05, 0.1) is 11.5 Å². The zero-order valence-corrected chi connectivity index (χ0v) is 10.7. The number of halogens is 1. The van der Waals surface area contributed by atoms with E-state index in [9.17, 15) is 9.65 Å². The van der Waals surface area contributed by atoms with Crippen LogP contribution < -0.4 is 0 Å². The molecular weight excluding hydrogens is 225 g/mol. The summed E-state index contributed by atoms with van der Waals surface area (Å²) in [6, 6.07) is 7.55. The second kappa shape index (κ2) is 4.09. The molecule has 0 heterocycles. The maximum absolute atomic E-state index is 13.1. The minimum atomic E-state index is -0.185. The molecule has 1 nitrogen and oxygen atoms in total. The fraction of sp³-hybridized carbons (Fsp3) is 0.562. The Bertz CT molecular complexity index is 516. The third kappa shape index (κ3) is 1.73. The third-order valence-electron chi connectivity index (χ3n) is 5.01. The molecule has 0 saturated heterocycles. The van der Waals surface area contributed by atoms with Gasteiger partial charge in [-0.15, -0.1) is 0 Å². The Hall–Kier alpha value is -1.36. The normalized spacial score (nSPS) is 33.6. The van der Waals surface area contributed by atoms with E-state index in [0.717, 1.165) is 29.9 Å². The number of rotatable bonds is 2. The van der Waals surface area contributed by atoms with Gasteiger partial charge in [0.15, 0.2) is 0 Å². The van der Waals surface area contributed by atoms with E-state index < -0.39 is 0 Å². The summed E-state index contributed by atoms with van der Waals surface area (Å²) < 4.78 is 13.1. The van der Waals surface area contributed by atoms with E-state index in [1.165, 1.54) is 25.3 Å². The highest BCUT2D eigenvalue weighted by atomic mass is 19.1. The lowest BCUT2D eigenvalue weighted by atomic mass is 9.70. The van der Waals surface area contributed by atoms with Crippen LogP contribution in [-0.2, 0) is 6.42 Å². The molecule has 1 aromatic carbocycles. The van der Waals surface area contributed by atoms with Gasteiger partial charge in [-0.05, 0) is 67.7 Å². The minimum absolute atomic E-state index is 0.175. The minimum Gasteiger partial charge on any atom is -0.207 e. The predicted octanol–water partition coefficient (Wildman–Crippen LogP) is 4.01. The van der Waals surface area contributed by atoms with Gasteiger partial charge in [0, 0.05) is 0 Å². The van der Waals surface area contributed by atoms with Crippen LogP contribution in [0.2, 0.25) is 0 Å². The van der Waals surface area contributed by atoms with Crippen molar-refractivity contribution >= 4 is 0 Å². The van der Waals surface area contributed by atoms with Crippen LogP contribution in [0.1, 0.15) is 36.8 Å². The van der Waals surface area contributed by atoms with E-state index in [0.29, 0.717) is 5.92 Å². The first-order chi connectivity index (χ1) is 8.63. The molecule has 2 bridgehead atoms. The van der Waals surface area contributed by atoms with Gasteiger partial charge in [-0.25, -0.2) is 4.39 Å². The molecule has 3 atom stereocenters. The van der Waals surface area contributed by atoms with Crippen molar-refractivity contribution in [2.24, 2.45) is 17.3 Å². The van der Waals surface area contributed by atoms with Gasteiger partial charge in [-0.3, -0.25) is 0 Å². The Balaban J connectivity index is 1.89. The van der Waals surface area contributed by atoms with Crippen LogP contribution in [0, 0.1) is 41.3 Å². The summed E-state index contributed by atoms with van der Waals surface area (Å²) in [7, 11) is 0. The predicted molar refractivity (Wildman–Crippen MR) is 68.3 cm³/mol. The van der Waals surface area contributed by atoms with E-state index in [-0.39, 0.29) is 11.2 Å². The number of benzene rings is 1. The fourth-order valence-electron chi connectivity index (χ4n) is 4.03. The summed E-state index contributed by atoms with van der Waals surface area (Å²) in [6.45, 7) is 1.94. The Morgan fingerprint density at radius 2 is 2.28 bits per heavy atom. The van der Waals surface area contributed by atoms with Crippen LogP contribution in [0.15, 0.2) is 18.2 Å². The van der Waals surface area contributed by atoms with Gasteiger partial charge in [0.1, 0.15) is 5.82 Å². The number of fused-ring (bicyclic) bond motifs is 2. The highest BCUT2D eigenvalue weighted by Crippen LogP contribution is 2.57. The molecule has 0 spiro atoms. The van der Waals surface area contributed by atoms with Crippen LogP contribution in [0.5, 0.6) is 0 Å². The molecule has 0 amide bonds. The zero-order valence-electron chi connectivity index (χ0n) is 10.7. The van der Waals surface area contributed by atoms with Crippen molar-refractivity contribution in [3.05, 3.63) is 35.1 Å². The van der Waals surface area contributed by atoms with E-state index in [1.54, 1.807) is 6.07 Å². The van der Waals surface area contributed by atoms with Crippen LogP contribution in [0.4, 0.5) is 4.39 Å². The van der Waals surface area contributed by atoms with Crippen molar-refractivity contribution in [3.63, 3.8) is 0 Å². The largest absolute Gasteiger partial charge is 0.207 e. The van der Waals surface area contributed by atoms with Gasteiger partial charge in [-0.2, -0.15) is 5.26 Å². The van der Waals surface area contributed by atoms with Crippen LogP contribution in [0.3, 0.4) is 0 Å². The van der Waals surface area contributed by atoms with Crippen LogP contribution in [0.25, 0.3) is 0 Å². The van der Waals surface area contributed by atoms with Gasteiger partial charge in [-0.1, -0.05) is 12.5 Å². The average molecular weight is 243 g/mol. The van der Waals surface area contributed by atoms with Crippen molar-refractivity contribution in [2.45, 2.75) is 39.0 Å². The summed E-state index contributed by atoms with van der Waals surface area (Å²) in [5.41, 5.74) is 1.95. The smallest absolute Gasteiger partial charge is 0.123 e. The molecule has 2 saturated carbocycles. The molecule has 3 rings (SSSR count). The van der Waals surface area contributed by atoms with Crippen LogP contribution in [-0.4, -0.2) is 0 Å². The van der Waals surface area contributed by atoms with Crippen molar-refractivity contribution in [1.82, 2.24) is 0 Å². The van der Waals surface area contributed by atoms with Gasteiger partial charge in [0.25, 0.3) is 0 Å². The highest BCUT2D eigenvalue weighted by molar-refractivity contribution is 5.30. The van der Waals surface area contributed by atoms with Crippen molar-refractivity contribution < 1.29 is 4.39 Å². The summed E-state index contributed by atoms with van der Waals surface area (Å²) in [5, 5.41) is 9.62. The summed E-state index contributed by atoms with van der Waals surface area (Å²) >= 11 is 0. The molecule has 0 aliphatic heterocycles. The molecule has 0 aromatic heterocycles. The standard InChI is InChI=1S/C16H18FN/c1-11-6-15(17)5-3-13(11)9-16(10-18)8-12-2-4-14(16)7-12/h3,5-6,12,14H,2,4,7-9H2,1H3. The highest BCUT2D eigenvalue weighted by Gasteiger charge is 2.51. The Kier molecular flexibility index (Phi) is 2.66. The molecule has 2 heteroatoms. The maximum atomic E-state index is 13.1.